The van der Waals surface area contributed by atoms with Gasteiger partial charge in [0, 0.05) is 12.2 Å². The summed E-state index contributed by atoms with van der Waals surface area (Å²) in [5, 5.41) is 0. The van der Waals surface area contributed by atoms with Gasteiger partial charge in [0.25, 0.3) is 5.67 Å². The van der Waals surface area contributed by atoms with Crippen molar-refractivity contribution in [2.45, 2.75) is 49.6 Å². The molecule has 178 valence electrons. The molecule has 0 rings (SSSR count). The van der Waals surface area contributed by atoms with Crippen molar-refractivity contribution in [2.75, 3.05) is 5.75 Å². The standard InChI is InChI=1S/C11H11F13O3S.H3N/c12-7(10(19,20)21,11(22,23)24)4-6(9(16,17)18)3-5(8(13,14)15)1-2-28(25,26)27;/h5-6H,1-4H2,(H,25,26,27);1H3. The molecule has 4 N–H and O–H groups in total. The molecule has 2 unspecified atom stereocenters. The van der Waals surface area contributed by atoms with Crippen LogP contribution in [0.25, 0.3) is 0 Å². The minimum atomic E-state index is -6.93. The van der Waals surface area contributed by atoms with Crippen molar-refractivity contribution >= 4 is 10.1 Å². The first-order valence-electron chi connectivity index (χ1n) is 6.81. The Kier molecular flexibility index (Phi) is 9.35. The minimum Gasteiger partial charge on any atom is -0.748 e. The first-order valence-corrected chi connectivity index (χ1v) is 8.39. The summed E-state index contributed by atoms with van der Waals surface area (Å²) in [6.07, 6.45) is -33.6. The second kappa shape index (κ2) is 8.99. The molecule has 0 aliphatic heterocycles. The molecular weight excluding hydrogens is 473 g/mol. The highest BCUT2D eigenvalue weighted by molar-refractivity contribution is 7.85. The molecule has 0 amide bonds. The van der Waals surface area contributed by atoms with E-state index in [1.165, 1.54) is 0 Å². The van der Waals surface area contributed by atoms with Gasteiger partial charge in [-0.15, -0.1) is 0 Å². The van der Waals surface area contributed by atoms with Crippen molar-refractivity contribution in [1.29, 1.82) is 0 Å². The van der Waals surface area contributed by atoms with Gasteiger partial charge in [-0.1, -0.05) is 0 Å². The van der Waals surface area contributed by atoms with Gasteiger partial charge in [-0.25, -0.2) is 12.8 Å². The number of halogens is 13. The molecule has 0 spiro atoms. The van der Waals surface area contributed by atoms with E-state index < -0.39 is 77.3 Å². The van der Waals surface area contributed by atoms with E-state index in [-0.39, 0.29) is 6.15 Å². The van der Waals surface area contributed by atoms with Crippen molar-refractivity contribution in [3.8, 4) is 0 Å². The summed E-state index contributed by atoms with van der Waals surface area (Å²) in [6.45, 7) is 0. The maximum absolute atomic E-state index is 13.5. The molecule has 2 atom stereocenters. The normalized spacial score (nSPS) is 16.9. The highest BCUT2D eigenvalue weighted by atomic mass is 32.2. The van der Waals surface area contributed by atoms with E-state index in [0.717, 1.165) is 0 Å². The van der Waals surface area contributed by atoms with Gasteiger partial charge in [-0.3, -0.25) is 0 Å². The van der Waals surface area contributed by atoms with Crippen molar-refractivity contribution in [3.63, 3.8) is 0 Å². The van der Waals surface area contributed by atoms with Crippen molar-refractivity contribution < 1.29 is 70.0 Å². The molecule has 4 nitrogen and oxygen atoms in total. The fourth-order valence-corrected chi connectivity index (χ4v) is 2.68. The first kappa shape index (κ1) is 30.2. The molecule has 0 radical (unpaired) electrons. The summed E-state index contributed by atoms with van der Waals surface area (Å²) in [5.41, 5.74) is -6.47. The summed E-state index contributed by atoms with van der Waals surface area (Å²) in [5.74, 6) is -9.41. The predicted molar refractivity (Wildman–Crippen MR) is 69.4 cm³/mol. The average molecular weight is 487 g/mol. The molecule has 0 aliphatic carbocycles. The number of quaternary nitrogens is 1. The molecule has 29 heavy (non-hydrogen) atoms. The Morgan fingerprint density at radius 3 is 1.28 bits per heavy atom. The van der Waals surface area contributed by atoms with E-state index in [9.17, 15) is 70.0 Å². The molecule has 0 saturated carbocycles. The van der Waals surface area contributed by atoms with Crippen LogP contribution in [0, 0.1) is 11.8 Å². The van der Waals surface area contributed by atoms with Crippen LogP contribution in [0.3, 0.4) is 0 Å². The molecule has 0 aromatic carbocycles. The average Bonchev–Trinajstić information content (AvgIpc) is 2.35. The molecule has 0 aliphatic rings. The minimum absolute atomic E-state index is 0. The monoisotopic (exact) mass is 487 g/mol. The summed E-state index contributed by atoms with van der Waals surface area (Å²) >= 11 is 0. The Morgan fingerprint density at radius 2 is 1.03 bits per heavy atom. The zero-order valence-corrected chi connectivity index (χ0v) is 14.8. The molecule has 0 saturated heterocycles. The maximum atomic E-state index is 13.5. The summed E-state index contributed by atoms with van der Waals surface area (Å²) in [7, 11) is -5.40. The third-order valence-corrected chi connectivity index (χ3v) is 4.37. The molecule has 0 aromatic heterocycles. The van der Waals surface area contributed by atoms with Crippen LogP contribution in [0.15, 0.2) is 0 Å². The van der Waals surface area contributed by atoms with Gasteiger partial charge < -0.3 is 10.7 Å². The number of hydrogen-bond acceptors (Lipinski definition) is 3. The molecule has 0 bridgehead atoms. The van der Waals surface area contributed by atoms with Crippen LogP contribution in [0.4, 0.5) is 57.1 Å². The number of rotatable bonds is 7. The van der Waals surface area contributed by atoms with Crippen LogP contribution >= 0.6 is 0 Å². The summed E-state index contributed by atoms with van der Waals surface area (Å²) < 4.78 is 196. The van der Waals surface area contributed by atoms with Crippen LogP contribution in [0.5, 0.6) is 0 Å². The quantitative estimate of drug-likeness (QED) is 0.392. The van der Waals surface area contributed by atoms with Gasteiger partial charge in [0.1, 0.15) is 0 Å². The highest BCUT2D eigenvalue weighted by Gasteiger charge is 2.74. The van der Waals surface area contributed by atoms with Gasteiger partial charge in [0.05, 0.1) is 22.0 Å². The summed E-state index contributed by atoms with van der Waals surface area (Å²) in [4.78, 5) is 0. The van der Waals surface area contributed by atoms with Gasteiger partial charge >= 0.3 is 24.7 Å². The number of alkyl halides is 13. The Morgan fingerprint density at radius 1 is 0.690 bits per heavy atom. The third kappa shape index (κ3) is 8.69. The van der Waals surface area contributed by atoms with E-state index in [0.29, 0.717) is 0 Å². The van der Waals surface area contributed by atoms with Crippen LogP contribution in [-0.2, 0) is 10.1 Å². The Hall–Kier alpha value is -1.04. The van der Waals surface area contributed by atoms with E-state index >= 15 is 0 Å². The molecule has 0 aromatic rings. The Bertz CT molecular complexity index is 606. The first-order chi connectivity index (χ1) is 11.9. The third-order valence-electron chi connectivity index (χ3n) is 3.64. The van der Waals surface area contributed by atoms with Crippen LogP contribution in [0.1, 0.15) is 19.3 Å². The Labute approximate surface area is 154 Å². The van der Waals surface area contributed by atoms with Gasteiger partial charge in [0.2, 0.25) is 0 Å². The van der Waals surface area contributed by atoms with Crippen LogP contribution in [-0.4, -0.2) is 49.1 Å². The zero-order chi connectivity index (χ0) is 23.0. The molecule has 0 fully saturated rings. The molecule has 0 heterocycles. The smallest absolute Gasteiger partial charge is 0.431 e. The van der Waals surface area contributed by atoms with Crippen molar-refractivity contribution in [3.05, 3.63) is 0 Å². The highest BCUT2D eigenvalue weighted by Crippen LogP contribution is 2.53. The van der Waals surface area contributed by atoms with Crippen LogP contribution < -0.4 is 6.15 Å². The van der Waals surface area contributed by atoms with Gasteiger partial charge in [-0.05, 0) is 12.8 Å². The van der Waals surface area contributed by atoms with Gasteiger partial charge in [0.15, 0.2) is 0 Å². The van der Waals surface area contributed by atoms with Gasteiger partial charge in [-0.2, -0.15) is 52.7 Å². The fourth-order valence-electron chi connectivity index (χ4n) is 2.11. The van der Waals surface area contributed by atoms with E-state index in [2.05, 4.69) is 0 Å². The molecular formula is C11H14F13NO3S. The summed E-state index contributed by atoms with van der Waals surface area (Å²) in [6, 6.07) is 0. The van der Waals surface area contributed by atoms with Crippen molar-refractivity contribution in [2.24, 2.45) is 11.8 Å². The second-order valence-corrected chi connectivity index (χ2v) is 7.29. The van der Waals surface area contributed by atoms with E-state index in [1.54, 1.807) is 0 Å². The SMILES string of the molecule is O=S(=O)([O-])CCC(CC(CC(F)(C(F)(F)F)C(F)(F)F)C(F)(F)F)C(F)(F)F.[NH4+]. The fraction of sp³-hybridized carbons (Fsp3) is 1.00. The van der Waals surface area contributed by atoms with E-state index in [4.69, 9.17) is 0 Å². The lowest BCUT2D eigenvalue weighted by molar-refractivity contribution is -0.353. The largest absolute Gasteiger partial charge is 0.748 e. The zero-order valence-electron chi connectivity index (χ0n) is 14.0. The maximum Gasteiger partial charge on any atom is 0.431 e. The van der Waals surface area contributed by atoms with Crippen LogP contribution in [0.2, 0.25) is 0 Å². The lowest BCUT2D eigenvalue weighted by Crippen LogP contribution is -2.55. The second-order valence-electron chi connectivity index (χ2n) is 5.76. The topological polar surface area (TPSA) is 93.7 Å². The Balaban J connectivity index is 0. The number of hydrogen-bond donors (Lipinski definition) is 1. The lowest BCUT2D eigenvalue weighted by atomic mass is 9.83. The van der Waals surface area contributed by atoms with E-state index in [1.807, 2.05) is 0 Å². The molecule has 18 heteroatoms. The predicted octanol–water partition coefficient (Wildman–Crippen LogP) is 5.27. The lowest BCUT2D eigenvalue weighted by Gasteiger charge is -2.35. The van der Waals surface area contributed by atoms with Crippen molar-refractivity contribution in [1.82, 2.24) is 6.15 Å².